The number of carbonyl (C=O) groups excluding carboxylic acids is 3. The van der Waals surface area contributed by atoms with Crippen LogP contribution < -0.4 is 0 Å². The first kappa shape index (κ1) is 15.3. The van der Waals surface area contributed by atoms with Crippen molar-refractivity contribution in [3.8, 4) is 0 Å². The lowest BCUT2D eigenvalue weighted by Crippen LogP contribution is -2.50. The van der Waals surface area contributed by atoms with Crippen molar-refractivity contribution < 1.29 is 28.6 Å². The number of hydrogen-bond donors (Lipinski definition) is 0. The maximum atomic E-state index is 11.8. The van der Waals surface area contributed by atoms with Crippen molar-refractivity contribution in [1.29, 1.82) is 0 Å². The lowest BCUT2D eigenvalue weighted by molar-refractivity contribution is -0.164. The van der Waals surface area contributed by atoms with Gasteiger partial charge >= 0.3 is 18.0 Å². The number of piperidine rings is 1. The molecule has 2 atom stereocenters. The van der Waals surface area contributed by atoms with E-state index in [-0.39, 0.29) is 13.2 Å². The zero-order chi connectivity index (χ0) is 14.4. The lowest BCUT2D eigenvalue weighted by atomic mass is 9.94. The molecule has 1 rings (SSSR count). The standard InChI is InChI=1S/C12H19NO6/c1-4-18-11(15)9-5-6-13(12(16)17-3)7-10(9)19-8(2)14/h9-10H,4-7H2,1-3H3/t9-,10-/m1/s1. The van der Waals surface area contributed by atoms with E-state index in [1.807, 2.05) is 0 Å². The van der Waals surface area contributed by atoms with E-state index in [1.165, 1.54) is 18.9 Å². The zero-order valence-corrected chi connectivity index (χ0v) is 11.4. The Morgan fingerprint density at radius 2 is 2.00 bits per heavy atom. The summed E-state index contributed by atoms with van der Waals surface area (Å²) in [5.74, 6) is -1.44. The maximum Gasteiger partial charge on any atom is 0.409 e. The summed E-state index contributed by atoms with van der Waals surface area (Å²) < 4.78 is 14.7. The van der Waals surface area contributed by atoms with Gasteiger partial charge in [0, 0.05) is 13.5 Å². The van der Waals surface area contributed by atoms with Crippen LogP contribution in [0.2, 0.25) is 0 Å². The smallest absolute Gasteiger partial charge is 0.409 e. The molecule has 19 heavy (non-hydrogen) atoms. The molecule has 0 N–H and O–H groups in total. The van der Waals surface area contributed by atoms with Crippen LogP contribution in [0, 0.1) is 5.92 Å². The topological polar surface area (TPSA) is 82.1 Å². The third-order valence-corrected chi connectivity index (χ3v) is 2.90. The first-order chi connectivity index (χ1) is 8.99. The van der Waals surface area contributed by atoms with Gasteiger partial charge in [0.1, 0.15) is 6.10 Å². The molecule has 0 spiro atoms. The van der Waals surface area contributed by atoms with Crippen LogP contribution in [0.15, 0.2) is 0 Å². The lowest BCUT2D eigenvalue weighted by Gasteiger charge is -2.35. The van der Waals surface area contributed by atoms with E-state index in [2.05, 4.69) is 4.74 Å². The molecule has 1 heterocycles. The van der Waals surface area contributed by atoms with Crippen molar-refractivity contribution in [3.63, 3.8) is 0 Å². The van der Waals surface area contributed by atoms with Gasteiger partial charge in [-0.05, 0) is 13.3 Å². The zero-order valence-electron chi connectivity index (χ0n) is 11.4. The fourth-order valence-electron chi connectivity index (χ4n) is 2.06. The molecule has 0 bridgehead atoms. The Labute approximate surface area is 111 Å². The van der Waals surface area contributed by atoms with E-state index in [1.54, 1.807) is 6.92 Å². The fraction of sp³-hybridized carbons (Fsp3) is 0.750. The molecule has 1 fully saturated rings. The average molecular weight is 273 g/mol. The highest BCUT2D eigenvalue weighted by Gasteiger charge is 2.39. The second-order valence-corrected chi connectivity index (χ2v) is 4.21. The predicted octanol–water partition coefficient (Wildman–Crippen LogP) is 0.569. The van der Waals surface area contributed by atoms with Gasteiger partial charge in [-0.25, -0.2) is 4.79 Å². The van der Waals surface area contributed by atoms with E-state index in [0.29, 0.717) is 13.0 Å². The molecule has 0 saturated carbocycles. The number of esters is 2. The Morgan fingerprint density at radius 3 is 2.53 bits per heavy atom. The van der Waals surface area contributed by atoms with Crippen LogP contribution in [0.5, 0.6) is 0 Å². The second-order valence-electron chi connectivity index (χ2n) is 4.21. The van der Waals surface area contributed by atoms with Crippen molar-refractivity contribution in [3.05, 3.63) is 0 Å². The third-order valence-electron chi connectivity index (χ3n) is 2.90. The summed E-state index contributed by atoms with van der Waals surface area (Å²) in [6.07, 6.45) is -0.810. The predicted molar refractivity (Wildman–Crippen MR) is 64.3 cm³/mol. The van der Waals surface area contributed by atoms with E-state index in [0.717, 1.165) is 0 Å². The van der Waals surface area contributed by atoms with Crippen LogP contribution in [0.4, 0.5) is 4.79 Å². The van der Waals surface area contributed by atoms with Crippen LogP contribution in [0.3, 0.4) is 0 Å². The van der Waals surface area contributed by atoms with Gasteiger partial charge in [-0.3, -0.25) is 9.59 Å². The highest BCUT2D eigenvalue weighted by atomic mass is 16.6. The number of amides is 1. The van der Waals surface area contributed by atoms with Gasteiger partial charge in [0.15, 0.2) is 0 Å². The van der Waals surface area contributed by atoms with Gasteiger partial charge in [-0.2, -0.15) is 0 Å². The van der Waals surface area contributed by atoms with Gasteiger partial charge in [0.2, 0.25) is 0 Å². The normalized spacial score (nSPS) is 22.6. The monoisotopic (exact) mass is 273 g/mol. The highest BCUT2D eigenvalue weighted by Crippen LogP contribution is 2.22. The molecule has 108 valence electrons. The van der Waals surface area contributed by atoms with Crippen LogP contribution in [0.1, 0.15) is 20.3 Å². The minimum Gasteiger partial charge on any atom is -0.466 e. The summed E-state index contributed by atoms with van der Waals surface area (Å²) in [4.78, 5) is 35.7. The van der Waals surface area contributed by atoms with Gasteiger partial charge in [0.05, 0.1) is 26.2 Å². The first-order valence-corrected chi connectivity index (χ1v) is 6.16. The third kappa shape index (κ3) is 4.11. The Balaban J connectivity index is 2.74. The maximum absolute atomic E-state index is 11.8. The van der Waals surface area contributed by atoms with Crippen LogP contribution in [-0.2, 0) is 23.8 Å². The number of ether oxygens (including phenoxy) is 3. The molecule has 0 aromatic heterocycles. The van der Waals surface area contributed by atoms with E-state index in [9.17, 15) is 14.4 Å². The van der Waals surface area contributed by atoms with Gasteiger partial charge in [0.25, 0.3) is 0 Å². The summed E-state index contributed by atoms with van der Waals surface area (Å²) in [6, 6.07) is 0. The molecule has 0 radical (unpaired) electrons. The number of methoxy groups -OCH3 is 1. The number of carbonyl (C=O) groups is 3. The summed E-state index contributed by atoms with van der Waals surface area (Å²) in [5, 5.41) is 0. The van der Waals surface area contributed by atoms with Crippen LogP contribution in [-0.4, -0.2) is 55.8 Å². The summed E-state index contributed by atoms with van der Waals surface area (Å²) in [5.41, 5.74) is 0. The fourth-order valence-corrected chi connectivity index (χ4v) is 2.06. The first-order valence-electron chi connectivity index (χ1n) is 6.16. The van der Waals surface area contributed by atoms with Crippen molar-refractivity contribution >= 4 is 18.0 Å². The molecule has 7 heteroatoms. The second kappa shape index (κ2) is 6.96. The molecule has 1 aliphatic heterocycles. The molecule has 7 nitrogen and oxygen atoms in total. The molecular weight excluding hydrogens is 254 g/mol. The number of hydrogen-bond acceptors (Lipinski definition) is 6. The Bertz CT molecular complexity index is 356. The van der Waals surface area contributed by atoms with E-state index in [4.69, 9.17) is 9.47 Å². The molecule has 1 saturated heterocycles. The quantitative estimate of drug-likeness (QED) is 0.552. The Morgan fingerprint density at radius 1 is 1.32 bits per heavy atom. The average Bonchev–Trinajstić information content (AvgIpc) is 2.37. The van der Waals surface area contributed by atoms with Crippen LogP contribution >= 0.6 is 0 Å². The minimum atomic E-state index is -0.690. The number of likely N-dealkylation sites (tertiary alicyclic amines) is 1. The van der Waals surface area contributed by atoms with Crippen molar-refractivity contribution in [2.24, 2.45) is 5.92 Å². The molecule has 0 unspecified atom stereocenters. The highest BCUT2D eigenvalue weighted by molar-refractivity contribution is 5.75. The Kier molecular flexibility index (Phi) is 5.59. The Hall–Kier alpha value is -1.79. The minimum absolute atomic E-state index is 0.135. The summed E-state index contributed by atoms with van der Waals surface area (Å²) >= 11 is 0. The van der Waals surface area contributed by atoms with Crippen molar-refractivity contribution in [1.82, 2.24) is 4.90 Å². The van der Waals surface area contributed by atoms with Crippen molar-refractivity contribution in [2.45, 2.75) is 26.4 Å². The van der Waals surface area contributed by atoms with Gasteiger partial charge in [-0.15, -0.1) is 0 Å². The van der Waals surface area contributed by atoms with E-state index < -0.39 is 30.1 Å². The molecule has 1 aliphatic rings. The molecule has 0 aromatic carbocycles. The largest absolute Gasteiger partial charge is 0.466 e. The van der Waals surface area contributed by atoms with Gasteiger partial charge < -0.3 is 19.1 Å². The molecular formula is C12H19NO6. The molecule has 1 amide bonds. The van der Waals surface area contributed by atoms with Crippen molar-refractivity contribution in [2.75, 3.05) is 26.8 Å². The summed E-state index contributed by atoms with van der Waals surface area (Å²) in [6.45, 7) is 3.74. The van der Waals surface area contributed by atoms with Crippen LogP contribution in [0.25, 0.3) is 0 Å². The number of rotatable bonds is 3. The molecule has 0 aliphatic carbocycles. The summed E-state index contributed by atoms with van der Waals surface area (Å²) in [7, 11) is 1.28. The molecule has 0 aromatic rings. The van der Waals surface area contributed by atoms with Gasteiger partial charge in [-0.1, -0.05) is 0 Å². The van der Waals surface area contributed by atoms with E-state index >= 15 is 0 Å². The SMILES string of the molecule is CCOC(=O)[C@@H]1CCN(C(=O)OC)C[C@H]1OC(C)=O. The number of nitrogens with zero attached hydrogens (tertiary/aromatic N) is 1.